The Morgan fingerprint density at radius 2 is 0.814 bits per heavy atom. The van der Waals surface area contributed by atoms with Crippen LogP contribution in [0.1, 0.15) is 142 Å². The number of unbranched alkanes of at least 4 members (excludes halogenated alkanes) is 4. The molecule has 2 aromatic rings. The van der Waals surface area contributed by atoms with Gasteiger partial charge in [0.15, 0.2) is 0 Å². The van der Waals surface area contributed by atoms with E-state index in [0.29, 0.717) is 0 Å². The van der Waals surface area contributed by atoms with Gasteiger partial charge in [-0.05, 0) is 0 Å². The molecule has 0 aliphatic heterocycles. The fourth-order valence-electron chi connectivity index (χ4n) is 6.37. The summed E-state index contributed by atoms with van der Waals surface area (Å²) in [4.78, 5) is 0. The molecule has 0 spiro atoms. The Hall–Kier alpha value is -0.403. The third-order valence-electron chi connectivity index (χ3n) is 8.83. The second-order valence-electron chi connectivity index (χ2n) is 12.5. The molecule has 0 N–H and O–H groups in total. The van der Waals surface area contributed by atoms with Crippen molar-refractivity contribution in [2.75, 3.05) is 0 Å². The monoisotopic (exact) mass is 810 g/mol. The van der Waals surface area contributed by atoms with E-state index in [4.69, 9.17) is 7.56 Å². The molecule has 0 amide bonds. The Balaban J connectivity index is 2.75. The van der Waals surface area contributed by atoms with Crippen molar-refractivity contribution in [3.8, 4) is 11.5 Å². The van der Waals surface area contributed by atoms with E-state index in [2.05, 4.69) is 91.8 Å². The summed E-state index contributed by atoms with van der Waals surface area (Å²) in [6.07, 6.45) is 16.0. The van der Waals surface area contributed by atoms with Crippen LogP contribution in [-0.4, -0.2) is 38.4 Å². The van der Waals surface area contributed by atoms with Gasteiger partial charge in [0.25, 0.3) is 0 Å². The average molecular weight is 808 g/mol. The molecule has 0 aliphatic carbocycles. The van der Waals surface area contributed by atoms with Crippen LogP contribution in [0.25, 0.3) is 0 Å². The number of benzene rings is 2. The van der Waals surface area contributed by atoms with Crippen LogP contribution in [0.4, 0.5) is 0 Å². The topological polar surface area (TPSA) is 27.7 Å². The molecule has 0 saturated heterocycles. The van der Waals surface area contributed by atoms with E-state index in [1.165, 1.54) is 73.6 Å². The zero-order chi connectivity index (χ0) is 31.6. The van der Waals surface area contributed by atoms with E-state index in [0.717, 1.165) is 67.8 Å². The zero-order valence-electron chi connectivity index (χ0n) is 29.4. The normalized spacial score (nSPS) is 12.1. The molecule has 0 radical (unpaired) electrons. The first-order valence-electron chi connectivity index (χ1n) is 18.2. The van der Waals surface area contributed by atoms with Crippen LogP contribution in [-0.2, 0) is 27.1 Å². The van der Waals surface area contributed by atoms with Crippen molar-refractivity contribution in [1.29, 1.82) is 0 Å². The zero-order valence-corrected chi connectivity index (χ0v) is 35.1. The minimum absolute atomic E-state index is 1.05. The van der Waals surface area contributed by atoms with Gasteiger partial charge >= 0.3 is 279 Å². The van der Waals surface area contributed by atoms with E-state index in [1.54, 1.807) is 0 Å². The third-order valence-corrected chi connectivity index (χ3v) is 41.3. The molecule has 0 aromatic heterocycles. The Labute approximate surface area is 277 Å². The summed E-state index contributed by atoms with van der Waals surface area (Å²) in [6.45, 7) is 18.4. The van der Waals surface area contributed by atoms with E-state index in [9.17, 15) is 0 Å². The van der Waals surface area contributed by atoms with Crippen molar-refractivity contribution in [2.45, 2.75) is 163 Å². The molecule has 0 saturated carbocycles. The molecule has 43 heavy (non-hydrogen) atoms. The van der Waals surface area contributed by atoms with Gasteiger partial charge in [-0.2, -0.15) is 0 Å². The minimum atomic E-state index is -3.68. The molecule has 0 atom stereocenters. The summed E-state index contributed by atoms with van der Waals surface area (Å²) in [6, 6.07) is 13.6. The number of aryl methyl sites for hydroxylation is 2. The quantitative estimate of drug-likeness (QED) is 0.0989. The van der Waals surface area contributed by atoms with Crippen molar-refractivity contribution in [3.63, 3.8) is 0 Å². The van der Waals surface area contributed by atoms with Crippen molar-refractivity contribution in [1.82, 2.24) is 0 Å². The summed E-state index contributed by atoms with van der Waals surface area (Å²) in [5.41, 5.74) is 5.73. The molecule has 2 rings (SSSR count). The van der Waals surface area contributed by atoms with Crippen LogP contribution in [0.5, 0.6) is 11.5 Å². The van der Waals surface area contributed by atoms with E-state index < -0.39 is 38.4 Å². The summed E-state index contributed by atoms with van der Waals surface area (Å²) in [7, 11) is 0. The van der Waals surface area contributed by atoms with Gasteiger partial charge in [0.1, 0.15) is 0 Å². The van der Waals surface area contributed by atoms with Gasteiger partial charge in [0, 0.05) is 0 Å². The molecular formula is C38H66O3Sn2. The van der Waals surface area contributed by atoms with Crippen LogP contribution >= 0.6 is 0 Å². The molecule has 0 fully saturated rings. The molecule has 0 heterocycles. The second-order valence-corrected chi connectivity index (χ2v) is 34.3. The molecule has 0 unspecified atom stereocenters. The average Bonchev–Trinajstić information content (AvgIpc) is 3.02. The predicted octanol–water partition coefficient (Wildman–Crippen LogP) is 12.3. The Bertz CT molecular complexity index is 940. The second kappa shape index (κ2) is 21.4. The van der Waals surface area contributed by atoms with Crippen LogP contribution in [0.2, 0.25) is 17.7 Å². The molecule has 3 nitrogen and oxygen atoms in total. The van der Waals surface area contributed by atoms with Gasteiger partial charge in [0.2, 0.25) is 0 Å². The van der Waals surface area contributed by atoms with Crippen molar-refractivity contribution < 1.29 is 7.56 Å². The molecule has 0 aliphatic rings. The first-order chi connectivity index (χ1) is 20.9. The predicted molar refractivity (Wildman–Crippen MR) is 192 cm³/mol. The summed E-state index contributed by atoms with van der Waals surface area (Å²) < 4.78 is 27.7. The fraction of sp³-hybridized carbons (Fsp3) is 0.684. The van der Waals surface area contributed by atoms with Crippen molar-refractivity contribution in [2.24, 2.45) is 0 Å². The van der Waals surface area contributed by atoms with Crippen LogP contribution in [0.15, 0.2) is 36.4 Å². The third kappa shape index (κ3) is 12.0. The van der Waals surface area contributed by atoms with Crippen molar-refractivity contribution in [3.05, 3.63) is 58.7 Å². The van der Waals surface area contributed by atoms with E-state index in [1.807, 2.05) is 0 Å². The molecule has 244 valence electrons. The molecule has 5 heteroatoms. The van der Waals surface area contributed by atoms with Crippen LogP contribution in [0.3, 0.4) is 0 Å². The molecule has 2 aromatic carbocycles. The first-order valence-corrected chi connectivity index (χ1v) is 30.9. The Morgan fingerprint density at radius 1 is 0.465 bits per heavy atom. The van der Waals surface area contributed by atoms with E-state index in [-0.39, 0.29) is 0 Å². The van der Waals surface area contributed by atoms with Gasteiger partial charge in [-0.25, -0.2) is 0 Å². The van der Waals surface area contributed by atoms with Gasteiger partial charge in [-0.15, -0.1) is 0 Å². The maximum absolute atomic E-state index is 8.03. The Morgan fingerprint density at radius 3 is 1.09 bits per heavy atom. The summed E-state index contributed by atoms with van der Waals surface area (Å²) in [5, 5.41) is 0. The first kappa shape index (κ1) is 38.8. The number of hydrogen-bond donors (Lipinski definition) is 0. The van der Waals surface area contributed by atoms with Gasteiger partial charge in [0.05, 0.1) is 0 Å². The fourth-order valence-corrected chi connectivity index (χ4v) is 48.3. The molecular weight excluding hydrogens is 742 g/mol. The molecule has 0 bridgehead atoms. The standard InChI is InChI=1S/2C11H16O.4C4H9.O.2Sn/c2*1-3-6-10-9(4-2)7-5-8-11(10)12;4*1-3-4-2;;;/h2*5,7-8,12H,3-4,6H2,1-2H3;4*1,3-4H2,2H3;;;/q;;;;;;;2*+1/p-2. The SMILES string of the molecule is CCC[CH2][Sn]([CH2]CCC)([O]c1cccc(CC)c1CCC)[O][Sn]([CH2]CCC)([CH2]CCC)[O]c1cccc(CC)c1CCC. The number of rotatable bonds is 24. The van der Waals surface area contributed by atoms with Gasteiger partial charge in [-0.3, -0.25) is 0 Å². The van der Waals surface area contributed by atoms with E-state index >= 15 is 0 Å². The number of hydrogen-bond acceptors (Lipinski definition) is 3. The summed E-state index contributed by atoms with van der Waals surface area (Å²) >= 11 is -7.36. The summed E-state index contributed by atoms with van der Waals surface area (Å²) in [5.74, 6) is 2.27. The van der Waals surface area contributed by atoms with Crippen molar-refractivity contribution >= 4 is 38.4 Å². The van der Waals surface area contributed by atoms with Crippen LogP contribution < -0.4 is 6.15 Å². The van der Waals surface area contributed by atoms with Crippen LogP contribution in [0, 0.1) is 0 Å². The van der Waals surface area contributed by atoms with Gasteiger partial charge in [-0.1, -0.05) is 0 Å². The maximum atomic E-state index is 8.03. The van der Waals surface area contributed by atoms with Gasteiger partial charge < -0.3 is 0 Å². The Kier molecular flexibility index (Phi) is 19.3.